The molecular weight excluding hydrogens is 373 g/mol. The first-order valence-electron chi connectivity index (χ1n) is 5.59. The number of rotatable bonds is 1. The summed E-state index contributed by atoms with van der Waals surface area (Å²) >= 11 is 9.02. The summed E-state index contributed by atoms with van der Waals surface area (Å²) in [7, 11) is 0. The van der Waals surface area contributed by atoms with E-state index in [2.05, 4.69) is 31.1 Å². The molecule has 0 saturated carbocycles. The van der Waals surface area contributed by atoms with E-state index in [4.69, 9.17) is 11.6 Å². The van der Waals surface area contributed by atoms with Crippen LogP contribution in [0.3, 0.4) is 0 Å². The maximum atomic E-state index is 13.2. The van der Waals surface area contributed by atoms with Gasteiger partial charge in [0, 0.05) is 10.0 Å². The molecule has 0 radical (unpaired) electrons. The minimum Gasteiger partial charge on any atom is -0.262 e. The minimum atomic E-state index is -4.52. The quantitative estimate of drug-likeness (QED) is 0.637. The van der Waals surface area contributed by atoms with Crippen LogP contribution in [0.4, 0.5) is 13.2 Å². The highest BCUT2D eigenvalue weighted by Gasteiger charge is 2.35. The second-order valence-electron chi connectivity index (χ2n) is 4.13. The molecule has 2 heterocycles. The maximum absolute atomic E-state index is 13.2. The fraction of sp³-hybridized carbons (Fsp3) is 0.0833. The topological polar surface area (TPSA) is 43.1 Å². The van der Waals surface area contributed by atoms with E-state index in [1.165, 1.54) is 28.9 Å². The van der Waals surface area contributed by atoms with Gasteiger partial charge in [-0.3, -0.25) is 9.38 Å². The van der Waals surface area contributed by atoms with Crippen LogP contribution in [0.25, 0.3) is 17.0 Å². The number of fused-ring (bicyclic) bond motifs is 1. The normalized spacial score (nSPS) is 12.0. The van der Waals surface area contributed by atoms with Crippen LogP contribution in [-0.4, -0.2) is 19.6 Å². The molecule has 0 amide bonds. The van der Waals surface area contributed by atoms with Gasteiger partial charge in [-0.2, -0.15) is 13.2 Å². The number of nitrogens with zero attached hydrogens (tertiary/aromatic N) is 4. The van der Waals surface area contributed by atoms with Gasteiger partial charge >= 0.3 is 6.18 Å². The molecule has 4 nitrogen and oxygen atoms in total. The molecule has 0 atom stereocenters. The van der Waals surface area contributed by atoms with Crippen molar-refractivity contribution in [1.82, 2.24) is 19.6 Å². The van der Waals surface area contributed by atoms with Crippen molar-refractivity contribution in [3.8, 4) is 11.4 Å². The summed E-state index contributed by atoms with van der Waals surface area (Å²) in [6.45, 7) is 0. The number of hydrogen-bond acceptors (Lipinski definition) is 3. The Balaban J connectivity index is 2.34. The molecule has 0 saturated heterocycles. The van der Waals surface area contributed by atoms with Crippen LogP contribution in [0.1, 0.15) is 5.56 Å². The van der Waals surface area contributed by atoms with Crippen LogP contribution in [0, 0.1) is 0 Å². The first-order chi connectivity index (χ1) is 9.88. The summed E-state index contributed by atoms with van der Waals surface area (Å²) in [4.78, 5) is 3.82. The van der Waals surface area contributed by atoms with Gasteiger partial charge in [0.15, 0.2) is 11.5 Å². The molecule has 9 heteroatoms. The van der Waals surface area contributed by atoms with Crippen LogP contribution in [0.5, 0.6) is 0 Å². The molecule has 0 unspecified atom stereocenters. The molecule has 0 aliphatic heterocycles. The summed E-state index contributed by atoms with van der Waals surface area (Å²) in [6.07, 6.45) is -1.84. The van der Waals surface area contributed by atoms with Crippen LogP contribution in [0.2, 0.25) is 5.15 Å². The van der Waals surface area contributed by atoms with Crippen LogP contribution in [0.15, 0.2) is 35.1 Å². The second-order valence-corrected chi connectivity index (χ2v) is 5.44. The summed E-state index contributed by atoms with van der Waals surface area (Å²) in [5.74, 6) is 0.0113. The lowest BCUT2D eigenvalue weighted by Crippen LogP contribution is -2.08. The van der Waals surface area contributed by atoms with Crippen molar-refractivity contribution >= 4 is 33.2 Å². The first-order valence-corrected chi connectivity index (χ1v) is 6.77. The van der Waals surface area contributed by atoms with Crippen LogP contribution in [-0.2, 0) is 6.18 Å². The Bertz CT molecular complexity index is 831. The van der Waals surface area contributed by atoms with Gasteiger partial charge in [-0.15, -0.1) is 10.2 Å². The Hall–Kier alpha value is -1.67. The Morgan fingerprint density at radius 1 is 1.14 bits per heavy atom. The first kappa shape index (κ1) is 14.3. The molecule has 3 rings (SSSR count). The molecule has 2 aromatic heterocycles. The van der Waals surface area contributed by atoms with Crippen molar-refractivity contribution in [2.45, 2.75) is 6.18 Å². The molecule has 0 fully saturated rings. The van der Waals surface area contributed by atoms with E-state index in [9.17, 15) is 13.2 Å². The third-order valence-corrected chi connectivity index (χ3v) is 3.56. The monoisotopic (exact) mass is 376 g/mol. The van der Waals surface area contributed by atoms with Gasteiger partial charge in [-0.25, -0.2) is 0 Å². The van der Waals surface area contributed by atoms with Gasteiger partial charge < -0.3 is 0 Å². The summed E-state index contributed by atoms with van der Waals surface area (Å²) in [5.41, 5.74) is -0.654. The van der Waals surface area contributed by atoms with Gasteiger partial charge in [0.2, 0.25) is 0 Å². The Morgan fingerprint density at radius 3 is 2.62 bits per heavy atom. The van der Waals surface area contributed by atoms with E-state index in [-0.39, 0.29) is 22.2 Å². The van der Waals surface area contributed by atoms with E-state index in [1.807, 2.05) is 0 Å². The number of aromatic nitrogens is 4. The van der Waals surface area contributed by atoms with E-state index < -0.39 is 11.7 Å². The molecular formula is C12H5BrClF3N4. The van der Waals surface area contributed by atoms with Crippen molar-refractivity contribution in [3.05, 3.63) is 45.8 Å². The highest BCUT2D eigenvalue weighted by atomic mass is 79.9. The van der Waals surface area contributed by atoms with Gasteiger partial charge in [-0.05, 0) is 18.2 Å². The van der Waals surface area contributed by atoms with Gasteiger partial charge in [0.1, 0.15) is 5.15 Å². The van der Waals surface area contributed by atoms with E-state index in [0.717, 1.165) is 6.07 Å². The largest absolute Gasteiger partial charge is 0.417 e. The molecule has 0 aliphatic carbocycles. The van der Waals surface area contributed by atoms with E-state index in [1.54, 1.807) is 0 Å². The predicted molar refractivity (Wildman–Crippen MR) is 73.9 cm³/mol. The number of halogens is 5. The lowest BCUT2D eigenvalue weighted by molar-refractivity contribution is -0.137. The third kappa shape index (κ3) is 2.49. The van der Waals surface area contributed by atoms with Crippen molar-refractivity contribution in [1.29, 1.82) is 0 Å². The molecule has 108 valence electrons. The zero-order valence-corrected chi connectivity index (χ0v) is 12.4. The zero-order chi connectivity index (χ0) is 15.2. The molecule has 0 N–H and O–H groups in total. The fourth-order valence-corrected chi connectivity index (χ4v) is 2.52. The highest BCUT2D eigenvalue weighted by Crippen LogP contribution is 2.38. The van der Waals surface area contributed by atoms with Crippen molar-refractivity contribution in [2.75, 3.05) is 0 Å². The minimum absolute atomic E-state index is 0.0113. The van der Waals surface area contributed by atoms with Crippen molar-refractivity contribution < 1.29 is 13.2 Å². The van der Waals surface area contributed by atoms with Gasteiger partial charge in [0.25, 0.3) is 0 Å². The van der Waals surface area contributed by atoms with Gasteiger partial charge in [-0.1, -0.05) is 27.5 Å². The third-order valence-electron chi connectivity index (χ3n) is 2.80. The number of alkyl halides is 3. The highest BCUT2D eigenvalue weighted by molar-refractivity contribution is 9.10. The van der Waals surface area contributed by atoms with Crippen LogP contribution < -0.4 is 0 Å². The lowest BCUT2D eigenvalue weighted by Gasteiger charge is -2.12. The molecule has 3 aromatic rings. The molecule has 0 aliphatic rings. The smallest absolute Gasteiger partial charge is 0.262 e. The second kappa shape index (κ2) is 4.96. The standard InChI is InChI=1S/C12H5BrClF3N4/c13-6-1-2-7(8(3-6)12(15,16)17)11-20-19-10-5-18-4-9(14)21(10)11/h1-5H. The summed E-state index contributed by atoms with van der Waals surface area (Å²) in [5, 5.41) is 7.72. The van der Waals surface area contributed by atoms with Crippen molar-refractivity contribution in [2.24, 2.45) is 0 Å². The van der Waals surface area contributed by atoms with Gasteiger partial charge in [0.05, 0.1) is 18.0 Å². The average Bonchev–Trinajstić information content (AvgIpc) is 2.83. The zero-order valence-electron chi connectivity index (χ0n) is 10.1. The lowest BCUT2D eigenvalue weighted by atomic mass is 10.1. The Labute approximate surface area is 129 Å². The Morgan fingerprint density at radius 2 is 1.90 bits per heavy atom. The molecule has 21 heavy (non-hydrogen) atoms. The molecule has 0 bridgehead atoms. The van der Waals surface area contributed by atoms with E-state index in [0.29, 0.717) is 4.47 Å². The molecule has 0 spiro atoms. The van der Waals surface area contributed by atoms with Crippen molar-refractivity contribution in [3.63, 3.8) is 0 Å². The summed E-state index contributed by atoms with van der Waals surface area (Å²) in [6, 6.07) is 3.81. The fourth-order valence-electron chi connectivity index (χ4n) is 1.93. The number of hydrogen-bond donors (Lipinski definition) is 0. The predicted octanol–water partition coefficient (Wildman–Crippen LogP) is 4.23. The maximum Gasteiger partial charge on any atom is 0.417 e. The SMILES string of the molecule is FC(F)(F)c1cc(Br)ccc1-c1nnc2cncc(Cl)n12. The molecule has 1 aromatic carbocycles. The number of benzene rings is 1. The van der Waals surface area contributed by atoms with E-state index >= 15 is 0 Å². The average molecular weight is 378 g/mol. The summed E-state index contributed by atoms with van der Waals surface area (Å²) < 4.78 is 41.2. The van der Waals surface area contributed by atoms with Crippen LogP contribution >= 0.6 is 27.5 Å². The Kier molecular flexibility index (Phi) is 3.37.